The second kappa shape index (κ2) is 6.57. The quantitative estimate of drug-likeness (QED) is 0.722. The van der Waals surface area contributed by atoms with Crippen LogP contribution in [0.3, 0.4) is 0 Å². The number of hydrogen-bond donors (Lipinski definition) is 0. The van der Waals surface area contributed by atoms with E-state index in [4.69, 9.17) is 4.74 Å². The minimum absolute atomic E-state index is 0.0613. The molecule has 3 heterocycles. The van der Waals surface area contributed by atoms with Crippen LogP contribution in [0, 0.1) is 0 Å². The fourth-order valence-corrected chi connectivity index (χ4v) is 6.27. The standard InChI is InChI=1S/C18H16F3NO4S2/c19-18(20,21)13-4-1-3-12-14(23)11-17(26-16(12)13)6-8-22(9-7-17)28(24,25)15-5-2-10-27-15/h1-5,10H,6-9,11H2. The summed E-state index contributed by atoms with van der Waals surface area (Å²) < 4.78 is 72.7. The van der Waals surface area contributed by atoms with Crippen LogP contribution in [0.1, 0.15) is 35.2 Å². The molecule has 0 saturated carbocycles. The Morgan fingerprint density at radius 1 is 1.11 bits per heavy atom. The summed E-state index contributed by atoms with van der Waals surface area (Å²) in [4.78, 5) is 12.5. The number of Topliss-reactive ketones (excluding diaryl/α,β-unsaturated/α-hetero) is 1. The molecule has 0 aliphatic carbocycles. The van der Waals surface area contributed by atoms with Crippen LogP contribution < -0.4 is 4.74 Å². The van der Waals surface area contributed by atoms with Crippen molar-refractivity contribution in [3.05, 3.63) is 46.8 Å². The van der Waals surface area contributed by atoms with Gasteiger partial charge in [0.15, 0.2) is 5.78 Å². The molecule has 28 heavy (non-hydrogen) atoms. The Hall–Kier alpha value is -1.91. The van der Waals surface area contributed by atoms with Crippen molar-refractivity contribution < 1.29 is 31.1 Å². The van der Waals surface area contributed by atoms with E-state index in [9.17, 15) is 26.4 Å². The van der Waals surface area contributed by atoms with Gasteiger partial charge in [-0.15, -0.1) is 11.3 Å². The number of hydrogen-bond acceptors (Lipinski definition) is 5. The summed E-state index contributed by atoms with van der Waals surface area (Å²) >= 11 is 1.11. The van der Waals surface area contributed by atoms with Crippen molar-refractivity contribution in [3.8, 4) is 5.75 Å². The molecular weight excluding hydrogens is 415 g/mol. The molecule has 5 nitrogen and oxygen atoms in total. The maximum Gasteiger partial charge on any atom is 0.419 e. The van der Waals surface area contributed by atoms with Gasteiger partial charge in [0.2, 0.25) is 0 Å². The van der Waals surface area contributed by atoms with Crippen molar-refractivity contribution in [3.63, 3.8) is 0 Å². The summed E-state index contributed by atoms with van der Waals surface area (Å²) in [6, 6.07) is 6.56. The highest BCUT2D eigenvalue weighted by Crippen LogP contribution is 2.46. The van der Waals surface area contributed by atoms with Gasteiger partial charge in [0, 0.05) is 25.9 Å². The van der Waals surface area contributed by atoms with E-state index in [2.05, 4.69) is 0 Å². The molecule has 0 N–H and O–H groups in total. The topological polar surface area (TPSA) is 63.7 Å². The van der Waals surface area contributed by atoms with Crippen molar-refractivity contribution >= 4 is 27.1 Å². The van der Waals surface area contributed by atoms with Crippen molar-refractivity contribution in [1.29, 1.82) is 0 Å². The van der Waals surface area contributed by atoms with Gasteiger partial charge in [0.25, 0.3) is 10.0 Å². The fraction of sp³-hybridized carbons (Fsp3) is 0.389. The third-order valence-electron chi connectivity index (χ3n) is 5.15. The number of halogens is 3. The van der Waals surface area contributed by atoms with Crippen molar-refractivity contribution in [2.75, 3.05) is 13.1 Å². The molecule has 1 spiro atoms. The van der Waals surface area contributed by atoms with E-state index in [-0.39, 0.29) is 42.1 Å². The van der Waals surface area contributed by atoms with Crippen LogP contribution in [0.4, 0.5) is 13.2 Å². The summed E-state index contributed by atoms with van der Waals surface area (Å²) in [5.74, 6) is -0.859. The van der Waals surface area contributed by atoms with Gasteiger partial charge < -0.3 is 4.74 Å². The average molecular weight is 431 g/mol. The number of carbonyl (C=O) groups is 1. The highest BCUT2D eigenvalue weighted by molar-refractivity contribution is 7.91. The second-order valence-electron chi connectivity index (χ2n) is 6.90. The summed E-state index contributed by atoms with van der Waals surface area (Å²) in [5, 5.41) is 1.66. The number of ketones is 1. The zero-order valence-corrected chi connectivity index (χ0v) is 16.2. The third kappa shape index (κ3) is 3.23. The Labute approximate surface area is 163 Å². The Balaban J connectivity index is 1.60. The first-order chi connectivity index (χ1) is 13.1. The number of benzene rings is 1. The van der Waals surface area contributed by atoms with E-state index in [0.29, 0.717) is 0 Å². The number of rotatable bonds is 2. The Morgan fingerprint density at radius 3 is 2.43 bits per heavy atom. The number of para-hydroxylation sites is 1. The number of alkyl halides is 3. The Kier molecular flexibility index (Phi) is 4.55. The average Bonchev–Trinajstić information content (AvgIpc) is 3.16. The van der Waals surface area contributed by atoms with Crippen molar-refractivity contribution in [2.24, 2.45) is 0 Å². The van der Waals surface area contributed by atoms with Gasteiger partial charge in [-0.05, 0) is 23.6 Å². The van der Waals surface area contributed by atoms with Gasteiger partial charge >= 0.3 is 6.18 Å². The van der Waals surface area contributed by atoms with Gasteiger partial charge in [0.05, 0.1) is 17.5 Å². The first kappa shape index (κ1) is 19.4. The molecule has 10 heteroatoms. The number of carbonyl (C=O) groups excluding carboxylic acids is 1. The summed E-state index contributed by atoms with van der Waals surface area (Å²) in [6.07, 6.45) is -4.41. The molecule has 1 saturated heterocycles. The van der Waals surface area contributed by atoms with Gasteiger partial charge in [-0.2, -0.15) is 17.5 Å². The maximum absolute atomic E-state index is 13.4. The molecule has 0 amide bonds. The summed E-state index contributed by atoms with van der Waals surface area (Å²) in [5.41, 5.74) is -2.17. The van der Waals surface area contributed by atoms with E-state index in [1.807, 2.05) is 0 Å². The molecular formula is C18H16F3NO4S2. The molecule has 1 fully saturated rings. The lowest BCUT2D eigenvalue weighted by Crippen LogP contribution is -2.52. The molecule has 150 valence electrons. The van der Waals surface area contributed by atoms with Crippen LogP contribution in [0.25, 0.3) is 0 Å². The van der Waals surface area contributed by atoms with Crippen LogP contribution in [0.5, 0.6) is 5.75 Å². The lowest BCUT2D eigenvalue weighted by molar-refractivity contribution is -0.140. The van der Waals surface area contributed by atoms with Crippen molar-refractivity contribution in [2.45, 2.75) is 35.2 Å². The van der Waals surface area contributed by atoms with E-state index in [1.165, 1.54) is 22.5 Å². The number of piperidine rings is 1. The van der Waals surface area contributed by atoms with Gasteiger partial charge in [-0.1, -0.05) is 12.1 Å². The number of fused-ring (bicyclic) bond motifs is 1. The normalized spacial score (nSPS) is 20.0. The van der Waals surface area contributed by atoms with Crippen molar-refractivity contribution in [1.82, 2.24) is 4.31 Å². The van der Waals surface area contributed by atoms with E-state index in [1.54, 1.807) is 11.4 Å². The number of ether oxygens (including phenoxy) is 1. The number of nitrogens with zero attached hydrogens (tertiary/aromatic N) is 1. The van der Waals surface area contributed by atoms with Crippen LogP contribution in [0.15, 0.2) is 39.9 Å². The summed E-state index contributed by atoms with van der Waals surface area (Å²) in [6.45, 7) is 0.161. The Bertz CT molecular complexity index is 1010. The maximum atomic E-state index is 13.4. The zero-order valence-electron chi connectivity index (χ0n) is 14.5. The van der Waals surface area contributed by atoms with Gasteiger partial charge in [-0.25, -0.2) is 8.42 Å². The first-order valence-corrected chi connectivity index (χ1v) is 10.9. The summed E-state index contributed by atoms with van der Waals surface area (Å²) in [7, 11) is -3.65. The predicted octanol–water partition coefficient (Wildman–Crippen LogP) is 3.96. The van der Waals surface area contributed by atoms with Gasteiger partial charge in [-0.3, -0.25) is 4.79 Å². The largest absolute Gasteiger partial charge is 0.485 e. The molecule has 0 bridgehead atoms. The molecule has 1 aromatic heterocycles. The number of thiophene rings is 1. The predicted molar refractivity (Wildman–Crippen MR) is 96.1 cm³/mol. The Morgan fingerprint density at radius 2 is 1.82 bits per heavy atom. The van der Waals surface area contributed by atoms with E-state index in [0.717, 1.165) is 17.4 Å². The van der Waals surface area contributed by atoms with Crippen LogP contribution in [0.2, 0.25) is 0 Å². The SMILES string of the molecule is O=C1CC2(CCN(S(=O)(=O)c3cccs3)CC2)Oc2c1cccc2C(F)(F)F. The molecule has 0 atom stereocenters. The van der Waals surface area contributed by atoms with Crippen LogP contribution in [-0.4, -0.2) is 37.2 Å². The van der Waals surface area contributed by atoms with Gasteiger partial charge in [0.1, 0.15) is 15.6 Å². The minimum atomic E-state index is -4.65. The van der Waals surface area contributed by atoms with E-state index < -0.39 is 38.9 Å². The number of sulfonamides is 1. The monoisotopic (exact) mass is 431 g/mol. The molecule has 2 aromatic rings. The lowest BCUT2D eigenvalue weighted by Gasteiger charge is -2.43. The highest BCUT2D eigenvalue weighted by atomic mass is 32.2. The zero-order chi connectivity index (χ0) is 20.2. The second-order valence-corrected chi connectivity index (χ2v) is 10.0. The highest BCUT2D eigenvalue weighted by Gasteiger charge is 2.48. The molecule has 0 unspecified atom stereocenters. The van der Waals surface area contributed by atoms with Crippen LogP contribution >= 0.6 is 11.3 Å². The first-order valence-electron chi connectivity index (χ1n) is 8.59. The molecule has 0 radical (unpaired) electrons. The smallest absolute Gasteiger partial charge is 0.419 e. The fourth-order valence-electron chi connectivity index (χ4n) is 3.68. The van der Waals surface area contributed by atoms with Crippen LogP contribution in [-0.2, 0) is 16.2 Å². The molecule has 2 aliphatic rings. The molecule has 4 rings (SSSR count). The third-order valence-corrected chi connectivity index (χ3v) is 8.42. The van der Waals surface area contributed by atoms with E-state index >= 15 is 0 Å². The molecule has 1 aromatic carbocycles. The minimum Gasteiger partial charge on any atom is -0.485 e. The lowest BCUT2D eigenvalue weighted by atomic mass is 9.82. The molecule has 2 aliphatic heterocycles.